The van der Waals surface area contributed by atoms with Crippen LogP contribution in [0.3, 0.4) is 0 Å². The van der Waals surface area contributed by atoms with Crippen molar-refractivity contribution in [2.24, 2.45) is 0 Å². The minimum atomic E-state index is -2.86. The Labute approximate surface area is 135 Å². The third-order valence-corrected chi connectivity index (χ3v) is 3.68. The van der Waals surface area contributed by atoms with Gasteiger partial charge in [0.2, 0.25) is 0 Å². The summed E-state index contributed by atoms with van der Waals surface area (Å²) in [5, 5.41) is 3.23. The molecule has 0 aliphatic carbocycles. The van der Waals surface area contributed by atoms with E-state index < -0.39 is 6.61 Å². The van der Waals surface area contributed by atoms with Crippen LogP contribution in [0.4, 0.5) is 8.78 Å². The molecule has 22 heavy (non-hydrogen) atoms. The highest BCUT2D eigenvalue weighted by molar-refractivity contribution is 5.95. The second-order valence-corrected chi connectivity index (χ2v) is 5.37. The third-order valence-electron chi connectivity index (χ3n) is 3.68. The fraction of sp³-hybridized carbons (Fsp3) is 0.533. The number of carbonyl (C=O) groups is 1. The fourth-order valence-electron chi connectivity index (χ4n) is 2.66. The summed E-state index contributed by atoms with van der Waals surface area (Å²) >= 11 is 0. The summed E-state index contributed by atoms with van der Waals surface area (Å²) in [7, 11) is 0. The number of amides is 1. The molecule has 124 valence electrons. The van der Waals surface area contributed by atoms with Gasteiger partial charge in [-0.2, -0.15) is 8.78 Å². The van der Waals surface area contributed by atoms with Crippen LogP contribution in [0.1, 0.15) is 28.4 Å². The lowest BCUT2D eigenvalue weighted by atomic mass is 10.0. The van der Waals surface area contributed by atoms with Gasteiger partial charge in [0.1, 0.15) is 5.75 Å². The first kappa shape index (κ1) is 18.6. The van der Waals surface area contributed by atoms with Crippen LogP contribution in [-0.2, 0) is 0 Å². The summed E-state index contributed by atoms with van der Waals surface area (Å²) < 4.78 is 29.3. The van der Waals surface area contributed by atoms with Gasteiger partial charge in [0, 0.05) is 31.2 Å². The number of piperazine rings is 1. The molecular formula is C15H21ClF2N2O2. The van der Waals surface area contributed by atoms with Crippen LogP contribution in [0.15, 0.2) is 12.1 Å². The molecular weight excluding hydrogens is 314 g/mol. The molecule has 4 nitrogen and oxygen atoms in total. The Kier molecular flexibility index (Phi) is 6.56. The van der Waals surface area contributed by atoms with Gasteiger partial charge in [-0.3, -0.25) is 4.79 Å². The predicted octanol–water partition coefficient (Wildman–Crippen LogP) is 2.76. The largest absolute Gasteiger partial charge is 0.434 e. The Bertz CT molecular complexity index is 517. The second kappa shape index (κ2) is 7.74. The van der Waals surface area contributed by atoms with Gasteiger partial charge in [0.25, 0.3) is 5.91 Å². The number of nitrogens with one attached hydrogen (secondary N) is 1. The van der Waals surface area contributed by atoms with Gasteiger partial charge in [-0.15, -0.1) is 12.4 Å². The lowest BCUT2D eigenvalue weighted by Crippen LogP contribution is -2.52. The number of carbonyl (C=O) groups excluding carboxylic acids is 1. The van der Waals surface area contributed by atoms with Crippen LogP contribution < -0.4 is 10.1 Å². The molecule has 7 heteroatoms. The van der Waals surface area contributed by atoms with Gasteiger partial charge < -0.3 is 15.0 Å². The van der Waals surface area contributed by atoms with E-state index in [9.17, 15) is 13.6 Å². The maximum absolute atomic E-state index is 12.6. The summed E-state index contributed by atoms with van der Waals surface area (Å²) in [4.78, 5) is 14.4. The van der Waals surface area contributed by atoms with Crippen molar-refractivity contribution in [3.63, 3.8) is 0 Å². The zero-order chi connectivity index (χ0) is 15.6. The first-order valence-corrected chi connectivity index (χ1v) is 6.98. The maximum atomic E-state index is 12.6. The van der Waals surface area contributed by atoms with Gasteiger partial charge in [-0.05, 0) is 44.0 Å². The molecule has 0 bridgehead atoms. The number of benzene rings is 1. The molecule has 1 atom stereocenters. The molecule has 1 fully saturated rings. The van der Waals surface area contributed by atoms with Gasteiger partial charge in [0.15, 0.2) is 0 Å². The van der Waals surface area contributed by atoms with E-state index in [1.165, 1.54) is 0 Å². The van der Waals surface area contributed by atoms with Crippen molar-refractivity contribution in [1.29, 1.82) is 0 Å². The molecule has 1 aromatic carbocycles. The third kappa shape index (κ3) is 4.08. The van der Waals surface area contributed by atoms with Crippen LogP contribution in [0.2, 0.25) is 0 Å². The lowest BCUT2D eigenvalue weighted by Gasteiger charge is -2.34. The number of hydrogen-bond donors (Lipinski definition) is 1. The normalized spacial score (nSPS) is 18.1. The first-order chi connectivity index (χ1) is 9.90. The number of aryl methyl sites for hydroxylation is 2. The number of halogens is 3. The Hall–Kier alpha value is -1.40. The lowest BCUT2D eigenvalue weighted by molar-refractivity contribution is -0.0507. The quantitative estimate of drug-likeness (QED) is 0.924. The number of hydrogen-bond acceptors (Lipinski definition) is 3. The molecule has 1 amide bonds. The Balaban J connectivity index is 0.00000242. The van der Waals surface area contributed by atoms with Crippen LogP contribution in [-0.4, -0.2) is 43.1 Å². The minimum absolute atomic E-state index is 0. The molecule has 0 radical (unpaired) electrons. The average Bonchev–Trinajstić information content (AvgIpc) is 2.42. The topological polar surface area (TPSA) is 41.6 Å². The molecule has 1 N–H and O–H groups in total. The fourth-order valence-corrected chi connectivity index (χ4v) is 2.66. The molecule has 1 aliphatic heterocycles. The summed E-state index contributed by atoms with van der Waals surface area (Å²) in [5.74, 6) is 0.0775. The van der Waals surface area contributed by atoms with Crippen molar-refractivity contribution in [3.8, 4) is 5.75 Å². The van der Waals surface area contributed by atoms with Crippen molar-refractivity contribution in [2.75, 3.05) is 19.6 Å². The predicted molar refractivity (Wildman–Crippen MR) is 83.2 cm³/mol. The highest BCUT2D eigenvalue weighted by Crippen LogP contribution is 2.27. The van der Waals surface area contributed by atoms with E-state index in [-0.39, 0.29) is 30.1 Å². The Morgan fingerprint density at radius 1 is 1.36 bits per heavy atom. The van der Waals surface area contributed by atoms with Crippen molar-refractivity contribution in [1.82, 2.24) is 10.2 Å². The monoisotopic (exact) mass is 334 g/mol. The van der Waals surface area contributed by atoms with Crippen molar-refractivity contribution < 1.29 is 18.3 Å². The number of rotatable bonds is 3. The zero-order valence-corrected chi connectivity index (χ0v) is 13.7. The van der Waals surface area contributed by atoms with Crippen LogP contribution in [0.5, 0.6) is 5.75 Å². The Morgan fingerprint density at radius 3 is 2.45 bits per heavy atom. The summed E-state index contributed by atoms with van der Waals surface area (Å²) in [6.07, 6.45) is 0. The molecule has 0 aromatic heterocycles. The second-order valence-electron chi connectivity index (χ2n) is 5.37. The van der Waals surface area contributed by atoms with Gasteiger partial charge >= 0.3 is 6.61 Å². The van der Waals surface area contributed by atoms with Crippen LogP contribution in [0.25, 0.3) is 0 Å². The summed E-state index contributed by atoms with van der Waals surface area (Å²) in [6.45, 7) is 4.63. The molecule has 0 spiro atoms. The van der Waals surface area contributed by atoms with Gasteiger partial charge in [0.05, 0.1) is 0 Å². The van der Waals surface area contributed by atoms with E-state index in [1.54, 1.807) is 30.9 Å². The summed E-state index contributed by atoms with van der Waals surface area (Å²) in [5.41, 5.74) is 1.60. The first-order valence-electron chi connectivity index (χ1n) is 6.98. The minimum Gasteiger partial charge on any atom is -0.434 e. The van der Waals surface area contributed by atoms with E-state index in [0.717, 1.165) is 13.1 Å². The molecule has 0 saturated carbocycles. The number of ether oxygens (including phenoxy) is 1. The van der Waals surface area contributed by atoms with E-state index in [1.807, 2.05) is 6.92 Å². The van der Waals surface area contributed by atoms with Gasteiger partial charge in [-0.25, -0.2) is 0 Å². The summed E-state index contributed by atoms with van der Waals surface area (Å²) in [6, 6.07) is 3.34. The molecule has 1 saturated heterocycles. The molecule has 1 unspecified atom stereocenters. The smallest absolute Gasteiger partial charge is 0.387 e. The van der Waals surface area contributed by atoms with E-state index in [4.69, 9.17) is 0 Å². The van der Waals surface area contributed by atoms with Crippen LogP contribution >= 0.6 is 12.4 Å². The van der Waals surface area contributed by atoms with E-state index >= 15 is 0 Å². The van der Waals surface area contributed by atoms with Gasteiger partial charge in [-0.1, -0.05) is 0 Å². The molecule has 1 aromatic rings. The van der Waals surface area contributed by atoms with Crippen molar-refractivity contribution in [3.05, 3.63) is 28.8 Å². The maximum Gasteiger partial charge on any atom is 0.387 e. The van der Waals surface area contributed by atoms with E-state index in [2.05, 4.69) is 10.1 Å². The van der Waals surface area contributed by atoms with Crippen molar-refractivity contribution >= 4 is 18.3 Å². The average molecular weight is 335 g/mol. The zero-order valence-electron chi connectivity index (χ0n) is 12.9. The Morgan fingerprint density at radius 2 is 1.95 bits per heavy atom. The SMILES string of the molecule is Cc1cc(C(=O)N2CCNCC2C)cc(C)c1OC(F)F.Cl. The molecule has 2 rings (SSSR count). The van der Waals surface area contributed by atoms with Crippen LogP contribution in [0, 0.1) is 13.8 Å². The van der Waals surface area contributed by atoms with Crippen molar-refractivity contribution in [2.45, 2.75) is 33.4 Å². The van der Waals surface area contributed by atoms with E-state index in [0.29, 0.717) is 23.2 Å². The molecule has 1 heterocycles. The molecule has 1 aliphatic rings. The highest BCUT2D eigenvalue weighted by atomic mass is 35.5. The highest BCUT2D eigenvalue weighted by Gasteiger charge is 2.25. The number of alkyl halides is 2. The number of nitrogens with zero attached hydrogens (tertiary/aromatic N) is 1. The standard InChI is InChI=1S/C15H20F2N2O2.ClH/c1-9-6-12(7-10(2)13(9)21-15(16)17)14(20)19-5-4-18-8-11(19)3;/h6-7,11,15,18H,4-5,8H2,1-3H3;1H.